The van der Waals surface area contributed by atoms with Gasteiger partial charge in [0, 0.05) is 11.3 Å². The Morgan fingerprint density at radius 2 is 1.96 bits per heavy atom. The molecule has 0 aliphatic carbocycles. The van der Waals surface area contributed by atoms with Gasteiger partial charge in [0.25, 0.3) is 5.91 Å². The fourth-order valence-electron chi connectivity index (χ4n) is 2.53. The predicted molar refractivity (Wildman–Crippen MR) is 86.2 cm³/mol. The van der Waals surface area contributed by atoms with Crippen molar-refractivity contribution >= 4 is 29.2 Å². The van der Waals surface area contributed by atoms with Crippen molar-refractivity contribution in [2.75, 3.05) is 10.6 Å². The first kappa shape index (κ1) is 15.5. The Bertz CT molecular complexity index is 860. The van der Waals surface area contributed by atoms with E-state index in [0.29, 0.717) is 16.8 Å². The largest absolute Gasteiger partial charge is 0.506 e. The molecule has 0 unspecified atom stereocenters. The summed E-state index contributed by atoms with van der Waals surface area (Å²) in [4.78, 5) is 34.4. The first-order chi connectivity index (χ1) is 11.4. The third-order valence-corrected chi connectivity index (χ3v) is 3.66. The number of aliphatic carboxylic acids is 1. The molecule has 0 saturated heterocycles. The van der Waals surface area contributed by atoms with E-state index in [2.05, 4.69) is 10.6 Å². The van der Waals surface area contributed by atoms with Crippen LogP contribution in [-0.2, 0) is 22.4 Å². The van der Waals surface area contributed by atoms with Gasteiger partial charge in [-0.15, -0.1) is 0 Å². The lowest BCUT2D eigenvalue weighted by Crippen LogP contribution is -2.12. The number of carboxylic acids is 1. The number of carboxylic acid groups (broad SMARTS) is 1. The molecule has 2 aromatic carbocycles. The van der Waals surface area contributed by atoms with E-state index >= 15 is 0 Å². The highest BCUT2D eigenvalue weighted by Crippen LogP contribution is 2.27. The smallest absolute Gasteiger partial charge is 0.307 e. The molecule has 4 N–H and O–H groups in total. The molecule has 3 rings (SSSR count). The number of aromatic hydroxyl groups is 1. The SMILES string of the molecule is O=C(O)Cc1ccc(O)c(NC(=O)c2ccc3c(c2)CC(=O)N3)c1. The minimum absolute atomic E-state index is 0.124. The number of fused-ring (bicyclic) bond motifs is 1. The molecule has 0 spiro atoms. The van der Waals surface area contributed by atoms with Crippen LogP contribution < -0.4 is 10.6 Å². The molecule has 2 aromatic rings. The lowest BCUT2D eigenvalue weighted by molar-refractivity contribution is -0.136. The van der Waals surface area contributed by atoms with Crippen LogP contribution in [0, 0.1) is 0 Å². The predicted octanol–water partition coefficient (Wildman–Crippen LogP) is 1.77. The van der Waals surface area contributed by atoms with Crippen LogP contribution in [0.2, 0.25) is 0 Å². The molecule has 7 nitrogen and oxygen atoms in total. The number of rotatable bonds is 4. The molecule has 0 atom stereocenters. The summed E-state index contributed by atoms with van der Waals surface area (Å²) in [6, 6.07) is 9.05. The number of hydrogen-bond acceptors (Lipinski definition) is 4. The van der Waals surface area contributed by atoms with Gasteiger partial charge in [-0.25, -0.2) is 0 Å². The van der Waals surface area contributed by atoms with E-state index in [4.69, 9.17) is 5.11 Å². The van der Waals surface area contributed by atoms with Gasteiger partial charge in [-0.3, -0.25) is 14.4 Å². The summed E-state index contributed by atoms with van der Waals surface area (Å²) < 4.78 is 0. The number of nitrogens with one attached hydrogen (secondary N) is 2. The standard InChI is InChI=1S/C17H14N2O5/c20-14-4-1-9(6-16(22)23)5-13(14)19-17(24)10-2-3-12-11(7-10)8-15(21)18-12/h1-5,7,20H,6,8H2,(H,18,21)(H,19,24)(H,22,23). The van der Waals surface area contributed by atoms with Crippen LogP contribution in [0.3, 0.4) is 0 Å². The maximum Gasteiger partial charge on any atom is 0.307 e. The van der Waals surface area contributed by atoms with Gasteiger partial charge in [0.05, 0.1) is 18.5 Å². The fraction of sp³-hybridized carbons (Fsp3) is 0.118. The number of benzene rings is 2. The van der Waals surface area contributed by atoms with E-state index in [-0.39, 0.29) is 30.2 Å². The number of amides is 2. The van der Waals surface area contributed by atoms with Gasteiger partial charge in [0.15, 0.2) is 0 Å². The number of anilines is 2. The normalized spacial score (nSPS) is 12.4. The van der Waals surface area contributed by atoms with Gasteiger partial charge < -0.3 is 20.8 Å². The molecule has 122 valence electrons. The van der Waals surface area contributed by atoms with Crippen molar-refractivity contribution in [3.8, 4) is 5.75 Å². The van der Waals surface area contributed by atoms with E-state index in [1.807, 2.05) is 0 Å². The van der Waals surface area contributed by atoms with Crippen LogP contribution in [0.25, 0.3) is 0 Å². The molecular weight excluding hydrogens is 312 g/mol. The third kappa shape index (κ3) is 3.19. The van der Waals surface area contributed by atoms with E-state index in [9.17, 15) is 19.5 Å². The quantitative estimate of drug-likeness (QED) is 0.639. The highest BCUT2D eigenvalue weighted by atomic mass is 16.4. The zero-order valence-electron chi connectivity index (χ0n) is 12.5. The second-order valence-corrected chi connectivity index (χ2v) is 5.47. The summed E-state index contributed by atoms with van der Waals surface area (Å²) in [5.41, 5.74) is 2.35. The van der Waals surface area contributed by atoms with Crippen LogP contribution in [0.4, 0.5) is 11.4 Å². The monoisotopic (exact) mass is 326 g/mol. The average Bonchev–Trinajstić information content (AvgIpc) is 2.89. The van der Waals surface area contributed by atoms with Gasteiger partial charge in [0.2, 0.25) is 5.91 Å². The Morgan fingerprint density at radius 1 is 1.17 bits per heavy atom. The Labute approximate surface area is 136 Å². The first-order valence-electron chi connectivity index (χ1n) is 7.20. The minimum Gasteiger partial charge on any atom is -0.506 e. The number of phenolic OH excluding ortho intramolecular Hbond substituents is 1. The zero-order valence-corrected chi connectivity index (χ0v) is 12.5. The topological polar surface area (TPSA) is 116 Å². The molecule has 0 radical (unpaired) electrons. The number of carbonyl (C=O) groups excluding carboxylic acids is 2. The Hall–Kier alpha value is -3.35. The van der Waals surface area contributed by atoms with Crippen molar-refractivity contribution < 1.29 is 24.6 Å². The van der Waals surface area contributed by atoms with Gasteiger partial charge in [-0.2, -0.15) is 0 Å². The maximum absolute atomic E-state index is 12.3. The Balaban J connectivity index is 1.81. The lowest BCUT2D eigenvalue weighted by Gasteiger charge is -2.10. The first-order valence-corrected chi connectivity index (χ1v) is 7.20. The van der Waals surface area contributed by atoms with Crippen molar-refractivity contribution in [1.29, 1.82) is 0 Å². The summed E-state index contributed by atoms with van der Waals surface area (Å²) in [5, 5.41) is 23.9. The van der Waals surface area contributed by atoms with Crippen LogP contribution in [0.5, 0.6) is 5.75 Å². The van der Waals surface area contributed by atoms with Crippen molar-refractivity contribution in [3.63, 3.8) is 0 Å². The summed E-state index contributed by atoms with van der Waals surface area (Å²) in [6.07, 6.45) is 0.00553. The van der Waals surface area contributed by atoms with Gasteiger partial charge in [-0.05, 0) is 41.5 Å². The summed E-state index contributed by atoms with van der Waals surface area (Å²) in [6.45, 7) is 0. The second kappa shape index (κ2) is 6.04. The lowest BCUT2D eigenvalue weighted by atomic mass is 10.1. The van der Waals surface area contributed by atoms with Crippen LogP contribution in [0.1, 0.15) is 21.5 Å². The minimum atomic E-state index is -1.01. The Morgan fingerprint density at radius 3 is 2.71 bits per heavy atom. The fourth-order valence-corrected chi connectivity index (χ4v) is 2.53. The van der Waals surface area contributed by atoms with E-state index in [1.54, 1.807) is 18.2 Å². The molecule has 0 fully saturated rings. The molecule has 7 heteroatoms. The van der Waals surface area contributed by atoms with Gasteiger partial charge in [-0.1, -0.05) is 6.07 Å². The van der Waals surface area contributed by atoms with E-state index in [0.717, 1.165) is 5.56 Å². The van der Waals surface area contributed by atoms with Crippen molar-refractivity contribution in [1.82, 2.24) is 0 Å². The average molecular weight is 326 g/mol. The summed E-state index contributed by atoms with van der Waals surface area (Å²) in [7, 11) is 0. The molecule has 1 aliphatic heterocycles. The molecule has 1 aliphatic rings. The van der Waals surface area contributed by atoms with Gasteiger partial charge >= 0.3 is 5.97 Å². The summed E-state index contributed by atoms with van der Waals surface area (Å²) >= 11 is 0. The van der Waals surface area contributed by atoms with E-state index < -0.39 is 11.9 Å². The van der Waals surface area contributed by atoms with Gasteiger partial charge in [0.1, 0.15) is 5.75 Å². The summed E-state index contributed by atoms with van der Waals surface area (Å²) in [5.74, 6) is -1.74. The number of hydrogen-bond donors (Lipinski definition) is 4. The van der Waals surface area contributed by atoms with Crippen LogP contribution in [0.15, 0.2) is 36.4 Å². The third-order valence-electron chi connectivity index (χ3n) is 3.66. The molecule has 24 heavy (non-hydrogen) atoms. The molecule has 2 amide bonds. The molecule has 0 bridgehead atoms. The zero-order chi connectivity index (χ0) is 17.3. The van der Waals surface area contributed by atoms with Crippen molar-refractivity contribution in [2.45, 2.75) is 12.8 Å². The van der Waals surface area contributed by atoms with Crippen LogP contribution in [-0.4, -0.2) is 28.0 Å². The van der Waals surface area contributed by atoms with Crippen molar-refractivity contribution in [2.24, 2.45) is 0 Å². The highest BCUT2D eigenvalue weighted by molar-refractivity contribution is 6.07. The maximum atomic E-state index is 12.3. The molecule has 1 heterocycles. The van der Waals surface area contributed by atoms with Crippen molar-refractivity contribution in [3.05, 3.63) is 53.1 Å². The molecular formula is C17H14N2O5. The highest BCUT2D eigenvalue weighted by Gasteiger charge is 2.19. The van der Waals surface area contributed by atoms with Crippen LogP contribution >= 0.6 is 0 Å². The molecule has 0 aromatic heterocycles. The molecule has 0 saturated carbocycles. The number of phenols is 1. The second-order valence-electron chi connectivity index (χ2n) is 5.47. The number of carbonyl (C=O) groups is 3. The Kier molecular flexibility index (Phi) is 3.91. The van der Waals surface area contributed by atoms with E-state index in [1.165, 1.54) is 18.2 Å².